The molecule has 0 radical (unpaired) electrons. The number of hydrogen-bond acceptors (Lipinski definition) is 4. The predicted molar refractivity (Wildman–Crippen MR) is 82.5 cm³/mol. The Bertz CT molecular complexity index is 593. The topological polar surface area (TPSA) is 57.3 Å². The Morgan fingerprint density at radius 1 is 1.15 bits per heavy atom. The molecule has 5 heteroatoms. The molecule has 0 aliphatic rings. The first-order valence-electron chi connectivity index (χ1n) is 6.32. The van der Waals surface area contributed by atoms with Crippen LogP contribution in [0.5, 0.6) is 0 Å². The van der Waals surface area contributed by atoms with Gasteiger partial charge in [-0.1, -0.05) is 6.07 Å². The Hall–Kier alpha value is -2.56. The van der Waals surface area contributed by atoms with Gasteiger partial charge in [0.05, 0.1) is 11.9 Å². The number of nitrogens with one attached hydrogen (secondary N) is 2. The van der Waals surface area contributed by atoms with Crippen LogP contribution in [-0.4, -0.2) is 32.0 Å². The van der Waals surface area contributed by atoms with E-state index in [1.807, 2.05) is 56.4 Å². The van der Waals surface area contributed by atoms with Crippen molar-refractivity contribution < 1.29 is 4.79 Å². The molecule has 2 rings (SSSR count). The molecule has 2 aromatic rings. The second kappa shape index (κ2) is 6.06. The summed E-state index contributed by atoms with van der Waals surface area (Å²) in [7, 11) is 5.72. The normalized spacial score (nSPS) is 9.95. The molecule has 104 valence electrons. The summed E-state index contributed by atoms with van der Waals surface area (Å²) in [4.78, 5) is 18.2. The van der Waals surface area contributed by atoms with Crippen molar-refractivity contribution in [1.82, 2.24) is 4.98 Å². The summed E-state index contributed by atoms with van der Waals surface area (Å²) in [5.41, 5.74) is 3.04. The van der Waals surface area contributed by atoms with E-state index in [2.05, 4.69) is 15.6 Å². The summed E-state index contributed by atoms with van der Waals surface area (Å²) in [6, 6.07) is 11.2. The van der Waals surface area contributed by atoms with Crippen LogP contribution in [0.1, 0.15) is 10.5 Å². The van der Waals surface area contributed by atoms with E-state index in [9.17, 15) is 4.79 Å². The fourth-order valence-electron chi connectivity index (χ4n) is 1.73. The van der Waals surface area contributed by atoms with E-state index in [1.54, 1.807) is 12.3 Å². The van der Waals surface area contributed by atoms with Gasteiger partial charge in [-0.05, 0) is 30.3 Å². The molecule has 0 spiro atoms. The molecular weight excluding hydrogens is 252 g/mol. The zero-order valence-corrected chi connectivity index (χ0v) is 11.8. The van der Waals surface area contributed by atoms with Crippen LogP contribution >= 0.6 is 0 Å². The molecule has 0 fully saturated rings. The first kappa shape index (κ1) is 13.9. The second-order valence-corrected chi connectivity index (χ2v) is 4.58. The Kier molecular flexibility index (Phi) is 4.20. The molecule has 0 saturated heterocycles. The van der Waals surface area contributed by atoms with Gasteiger partial charge in [0.25, 0.3) is 5.91 Å². The highest BCUT2D eigenvalue weighted by Gasteiger charge is 2.08. The SMILES string of the molecule is CNc1ccc(C(=O)Nc2cccc(N(C)C)c2)nc1. The van der Waals surface area contributed by atoms with Crippen LogP contribution in [0.25, 0.3) is 0 Å². The van der Waals surface area contributed by atoms with Crippen molar-refractivity contribution in [2.24, 2.45) is 0 Å². The van der Waals surface area contributed by atoms with Crippen molar-refractivity contribution in [3.63, 3.8) is 0 Å². The van der Waals surface area contributed by atoms with Crippen molar-refractivity contribution in [2.75, 3.05) is 36.7 Å². The van der Waals surface area contributed by atoms with E-state index in [1.165, 1.54) is 0 Å². The van der Waals surface area contributed by atoms with E-state index in [0.717, 1.165) is 17.1 Å². The smallest absolute Gasteiger partial charge is 0.274 e. The van der Waals surface area contributed by atoms with Crippen molar-refractivity contribution in [2.45, 2.75) is 0 Å². The molecule has 1 aromatic carbocycles. The zero-order valence-electron chi connectivity index (χ0n) is 11.8. The molecule has 0 bridgehead atoms. The van der Waals surface area contributed by atoms with Crippen LogP contribution in [0, 0.1) is 0 Å². The van der Waals surface area contributed by atoms with E-state index in [4.69, 9.17) is 0 Å². The molecule has 0 unspecified atom stereocenters. The minimum atomic E-state index is -0.219. The van der Waals surface area contributed by atoms with Crippen LogP contribution in [0.15, 0.2) is 42.6 Å². The molecule has 0 aliphatic heterocycles. The van der Waals surface area contributed by atoms with Crippen LogP contribution in [0.2, 0.25) is 0 Å². The lowest BCUT2D eigenvalue weighted by Gasteiger charge is -2.14. The quantitative estimate of drug-likeness (QED) is 0.896. The molecule has 0 atom stereocenters. The average molecular weight is 270 g/mol. The van der Waals surface area contributed by atoms with Gasteiger partial charge in [-0.15, -0.1) is 0 Å². The lowest BCUT2D eigenvalue weighted by atomic mass is 10.2. The van der Waals surface area contributed by atoms with Crippen LogP contribution in [-0.2, 0) is 0 Å². The number of carbonyl (C=O) groups excluding carboxylic acids is 1. The van der Waals surface area contributed by atoms with Crippen molar-refractivity contribution in [3.05, 3.63) is 48.3 Å². The molecule has 1 heterocycles. The molecule has 5 nitrogen and oxygen atoms in total. The number of nitrogens with zero attached hydrogens (tertiary/aromatic N) is 2. The third-order valence-electron chi connectivity index (χ3n) is 2.91. The summed E-state index contributed by atoms with van der Waals surface area (Å²) < 4.78 is 0. The highest BCUT2D eigenvalue weighted by atomic mass is 16.1. The summed E-state index contributed by atoms with van der Waals surface area (Å²) in [5.74, 6) is -0.219. The monoisotopic (exact) mass is 270 g/mol. The fraction of sp³-hybridized carbons (Fsp3) is 0.200. The lowest BCUT2D eigenvalue weighted by Crippen LogP contribution is -2.14. The van der Waals surface area contributed by atoms with E-state index in [0.29, 0.717) is 5.69 Å². The van der Waals surface area contributed by atoms with Crippen molar-refractivity contribution in [3.8, 4) is 0 Å². The molecule has 0 saturated carbocycles. The number of anilines is 3. The number of amides is 1. The highest BCUT2D eigenvalue weighted by Crippen LogP contribution is 2.18. The van der Waals surface area contributed by atoms with Crippen LogP contribution < -0.4 is 15.5 Å². The van der Waals surface area contributed by atoms with Crippen LogP contribution in [0.4, 0.5) is 17.1 Å². The highest BCUT2D eigenvalue weighted by molar-refractivity contribution is 6.03. The van der Waals surface area contributed by atoms with Gasteiger partial charge in [0.15, 0.2) is 0 Å². The molecule has 1 amide bonds. The summed E-state index contributed by atoms with van der Waals surface area (Å²) >= 11 is 0. The largest absolute Gasteiger partial charge is 0.387 e. The molecule has 0 aliphatic carbocycles. The first-order chi connectivity index (χ1) is 9.60. The summed E-state index contributed by atoms with van der Waals surface area (Å²) in [6.07, 6.45) is 1.63. The number of pyridine rings is 1. The van der Waals surface area contributed by atoms with E-state index < -0.39 is 0 Å². The summed E-state index contributed by atoms with van der Waals surface area (Å²) in [6.45, 7) is 0. The lowest BCUT2D eigenvalue weighted by molar-refractivity contribution is 0.102. The second-order valence-electron chi connectivity index (χ2n) is 4.58. The molecule has 20 heavy (non-hydrogen) atoms. The van der Waals surface area contributed by atoms with Gasteiger partial charge in [-0.2, -0.15) is 0 Å². The third kappa shape index (κ3) is 3.26. The Morgan fingerprint density at radius 2 is 1.95 bits per heavy atom. The van der Waals surface area contributed by atoms with Crippen molar-refractivity contribution >= 4 is 23.0 Å². The standard InChI is InChI=1S/C15H18N4O/c1-16-12-7-8-14(17-10-12)15(20)18-11-5-4-6-13(9-11)19(2)3/h4-10,16H,1-3H3,(H,18,20). The number of rotatable bonds is 4. The molecule has 2 N–H and O–H groups in total. The third-order valence-corrected chi connectivity index (χ3v) is 2.91. The minimum Gasteiger partial charge on any atom is -0.387 e. The maximum Gasteiger partial charge on any atom is 0.274 e. The number of aromatic nitrogens is 1. The van der Waals surface area contributed by atoms with Gasteiger partial charge in [-0.25, -0.2) is 4.98 Å². The van der Waals surface area contributed by atoms with E-state index >= 15 is 0 Å². The van der Waals surface area contributed by atoms with Gasteiger partial charge in [0.1, 0.15) is 5.69 Å². The Balaban J connectivity index is 2.12. The van der Waals surface area contributed by atoms with Gasteiger partial charge in [0.2, 0.25) is 0 Å². The number of carbonyl (C=O) groups is 1. The van der Waals surface area contributed by atoms with Gasteiger partial charge in [-0.3, -0.25) is 4.79 Å². The predicted octanol–water partition coefficient (Wildman–Crippen LogP) is 2.44. The fourth-order valence-corrected chi connectivity index (χ4v) is 1.73. The zero-order chi connectivity index (χ0) is 14.5. The van der Waals surface area contributed by atoms with Gasteiger partial charge >= 0.3 is 0 Å². The Morgan fingerprint density at radius 3 is 2.55 bits per heavy atom. The van der Waals surface area contributed by atoms with E-state index in [-0.39, 0.29) is 5.91 Å². The summed E-state index contributed by atoms with van der Waals surface area (Å²) in [5, 5.41) is 5.81. The van der Waals surface area contributed by atoms with Gasteiger partial charge in [0, 0.05) is 32.5 Å². The Labute approximate surface area is 118 Å². The number of benzene rings is 1. The maximum atomic E-state index is 12.1. The van der Waals surface area contributed by atoms with Gasteiger partial charge < -0.3 is 15.5 Å². The minimum absolute atomic E-state index is 0.219. The van der Waals surface area contributed by atoms with Crippen LogP contribution in [0.3, 0.4) is 0 Å². The maximum absolute atomic E-state index is 12.1. The average Bonchev–Trinajstić information content (AvgIpc) is 2.47. The van der Waals surface area contributed by atoms with Crippen molar-refractivity contribution in [1.29, 1.82) is 0 Å². The molecular formula is C15H18N4O. The molecule has 1 aromatic heterocycles. The first-order valence-corrected chi connectivity index (χ1v) is 6.32. The number of hydrogen-bond donors (Lipinski definition) is 2.